The van der Waals surface area contributed by atoms with Crippen LogP contribution in [0.1, 0.15) is 18.5 Å². The van der Waals surface area contributed by atoms with E-state index in [1.54, 1.807) is 4.90 Å². The van der Waals surface area contributed by atoms with Gasteiger partial charge in [0.1, 0.15) is 6.61 Å². The Bertz CT molecular complexity index is 402. The van der Waals surface area contributed by atoms with Crippen LogP contribution in [-0.2, 0) is 14.3 Å². The quantitative estimate of drug-likeness (QED) is 0.553. The van der Waals surface area contributed by atoms with Crippen LogP contribution in [0.5, 0.6) is 0 Å². The van der Waals surface area contributed by atoms with Crippen LogP contribution in [0, 0.1) is 0 Å². The van der Waals surface area contributed by atoms with Gasteiger partial charge in [-0.05, 0) is 12.5 Å². The van der Waals surface area contributed by atoms with E-state index in [4.69, 9.17) is 0 Å². The molecule has 1 aliphatic heterocycles. The maximum atomic E-state index is 11.6. The lowest BCUT2D eigenvalue weighted by Gasteiger charge is -2.31. The molecule has 1 aromatic carbocycles. The Morgan fingerprint density at radius 2 is 1.94 bits per heavy atom. The summed E-state index contributed by atoms with van der Waals surface area (Å²) in [6.07, 6.45) is 0. The minimum absolute atomic E-state index is 0.0958. The van der Waals surface area contributed by atoms with E-state index in [0.717, 1.165) is 5.56 Å². The molecular formula is C12H13NO3. The summed E-state index contributed by atoms with van der Waals surface area (Å²) in [6.45, 7) is 2.65. The summed E-state index contributed by atoms with van der Waals surface area (Å²) >= 11 is 0. The predicted molar refractivity (Wildman–Crippen MR) is 57.5 cm³/mol. The highest BCUT2D eigenvalue weighted by Gasteiger charge is 2.31. The van der Waals surface area contributed by atoms with Crippen LogP contribution in [0.2, 0.25) is 0 Å². The first kappa shape index (κ1) is 10.7. The second-order valence-corrected chi connectivity index (χ2v) is 3.72. The van der Waals surface area contributed by atoms with E-state index in [1.165, 1.54) is 0 Å². The summed E-state index contributed by atoms with van der Waals surface area (Å²) in [5.41, 5.74) is 1.02. The van der Waals surface area contributed by atoms with Gasteiger partial charge in [0.15, 0.2) is 0 Å². The molecule has 1 amide bonds. The molecule has 4 nitrogen and oxygen atoms in total. The van der Waals surface area contributed by atoms with Gasteiger partial charge in [0.2, 0.25) is 0 Å². The van der Waals surface area contributed by atoms with Gasteiger partial charge in [0.05, 0.1) is 12.6 Å². The van der Waals surface area contributed by atoms with Crippen LogP contribution >= 0.6 is 0 Å². The average molecular weight is 219 g/mol. The summed E-state index contributed by atoms with van der Waals surface area (Å²) in [5.74, 6) is -1.31. The smallest absolute Gasteiger partial charge is 0.397 e. The molecule has 84 valence electrons. The Morgan fingerprint density at radius 1 is 1.25 bits per heavy atom. The van der Waals surface area contributed by atoms with Crippen molar-refractivity contribution in [2.75, 3.05) is 13.2 Å². The number of hydrogen-bond donors (Lipinski definition) is 0. The minimum atomic E-state index is -0.756. The maximum Gasteiger partial charge on any atom is 0.397 e. The molecule has 16 heavy (non-hydrogen) atoms. The lowest BCUT2D eigenvalue weighted by molar-refractivity contribution is -0.168. The number of esters is 1. The SMILES string of the molecule is C[C@@H](c1ccccc1)N1CCOC(=O)C1=O. The van der Waals surface area contributed by atoms with Gasteiger partial charge in [0.25, 0.3) is 0 Å². The van der Waals surface area contributed by atoms with E-state index in [1.807, 2.05) is 37.3 Å². The fourth-order valence-electron chi connectivity index (χ4n) is 1.80. The van der Waals surface area contributed by atoms with Crippen molar-refractivity contribution in [3.63, 3.8) is 0 Å². The predicted octanol–water partition coefficient (Wildman–Crippen LogP) is 1.13. The molecular weight excluding hydrogens is 206 g/mol. The van der Waals surface area contributed by atoms with Crippen molar-refractivity contribution < 1.29 is 14.3 Å². The number of ether oxygens (including phenoxy) is 1. The fourth-order valence-corrected chi connectivity index (χ4v) is 1.80. The number of carbonyl (C=O) groups excluding carboxylic acids is 2. The lowest BCUT2D eigenvalue weighted by atomic mass is 10.1. The molecule has 1 atom stereocenters. The third-order valence-electron chi connectivity index (χ3n) is 2.75. The van der Waals surface area contributed by atoms with Crippen molar-refractivity contribution in [2.24, 2.45) is 0 Å². The highest BCUT2D eigenvalue weighted by atomic mass is 16.5. The molecule has 0 bridgehead atoms. The van der Waals surface area contributed by atoms with Gasteiger partial charge in [-0.25, -0.2) is 4.79 Å². The maximum absolute atomic E-state index is 11.6. The van der Waals surface area contributed by atoms with Gasteiger partial charge in [-0.15, -0.1) is 0 Å². The van der Waals surface area contributed by atoms with Gasteiger partial charge in [0, 0.05) is 0 Å². The van der Waals surface area contributed by atoms with Crippen LogP contribution in [0.4, 0.5) is 0 Å². The topological polar surface area (TPSA) is 46.6 Å². The van der Waals surface area contributed by atoms with Crippen molar-refractivity contribution in [2.45, 2.75) is 13.0 Å². The number of benzene rings is 1. The Hall–Kier alpha value is -1.84. The summed E-state index contributed by atoms with van der Waals surface area (Å²) in [6, 6.07) is 9.54. The van der Waals surface area contributed by atoms with Crippen molar-refractivity contribution in [3.05, 3.63) is 35.9 Å². The lowest BCUT2D eigenvalue weighted by Crippen LogP contribution is -2.46. The molecule has 0 N–H and O–H groups in total. The van der Waals surface area contributed by atoms with Gasteiger partial charge in [-0.2, -0.15) is 0 Å². The minimum Gasteiger partial charge on any atom is -0.457 e. The number of amides is 1. The zero-order valence-electron chi connectivity index (χ0n) is 9.05. The Kier molecular flexibility index (Phi) is 2.90. The normalized spacial score (nSPS) is 18.2. The molecule has 0 unspecified atom stereocenters. The Balaban J connectivity index is 2.18. The van der Waals surface area contributed by atoms with E-state index < -0.39 is 11.9 Å². The molecule has 0 aliphatic carbocycles. The zero-order valence-corrected chi connectivity index (χ0v) is 9.05. The first-order valence-electron chi connectivity index (χ1n) is 5.23. The van der Waals surface area contributed by atoms with Crippen molar-refractivity contribution in [1.82, 2.24) is 4.90 Å². The van der Waals surface area contributed by atoms with Gasteiger partial charge in [-0.3, -0.25) is 4.79 Å². The molecule has 1 saturated heterocycles. The largest absolute Gasteiger partial charge is 0.457 e. The second kappa shape index (κ2) is 4.35. The zero-order chi connectivity index (χ0) is 11.5. The Labute approximate surface area is 93.8 Å². The van der Waals surface area contributed by atoms with Crippen LogP contribution in [0.15, 0.2) is 30.3 Å². The molecule has 0 spiro atoms. The number of carbonyl (C=O) groups is 2. The van der Waals surface area contributed by atoms with Crippen LogP contribution in [0.3, 0.4) is 0 Å². The molecule has 0 radical (unpaired) electrons. The molecule has 1 aromatic rings. The number of rotatable bonds is 2. The van der Waals surface area contributed by atoms with Crippen LogP contribution in [-0.4, -0.2) is 29.9 Å². The second-order valence-electron chi connectivity index (χ2n) is 3.72. The number of morpholine rings is 1. The molecule has 4 heteroatoms. The van der Waals surface area contributed by atoms with E-state index in [2.05, 4.69) is 4.74 Å². The number of nitrogens with zero attached hydrogens (tertiary/aromatic N) is 1. The van der Waals surface area contributed by atoms with Crippen molar-refractivity contribution in [3.8, 4) is 0 Å². The molecule has 1 heterocycles. The molecule has 1 aliphatic rings. The van der Waals surface area contributed by atoms with E-state index in [9.17, 15) is 9.59 Å². The monoisotopic (exact) mass is 219 g/mol. The standard InChI is InChI=1S/C12H13NO3/c1-9(10-5-3-2-4-6-10)13-7-8-16-12(15)11(13)14/h2-6,9H,7-8H2,1H3/t9-/m0/s1. The molecule has 1 fully saturated rings. The van der Waals surface area contributed by atoms with Gasteiger partial charge < -0.3 is 9.64 Å². The third kappa shape index (κ3) is 1.91. The van der Waals surface area contributed by atoms with Crippen molar-refractivity contribution in [1.29, 1.82) is 0 Å². The van der Waals surface area contributed by atoms with Gasteiger partial charge in [-0.1, -0.05) is 30.3 Å². The molecule has 0 saturated carbocycles. The van der Waals surface area contributed by atoms with Crippen LogP contribution < -0.4 is 0 Å². The summed E-state index contributed by atoms with van der Waals surface area (Å²) in [5, 5.41) is 0. The molecule has 2 rings (SSSR count). The fraction of sp³-hybridized carbons (Fsp3) is 0.333. The number of cyclic esters (lactones) is 1. The third-order valence-corrected chi connectivity index (χ3v) is 2.75. The summed E-state index contributed by atoms with van der Waals surface area (Å²) in [4.78, 5) is 24.3. The summed E-state index contributed by atoms with van der Waals surface area (Å²) < 4.78 is 4.68. The first-order chi connectivity index (χ1) is 7.70. The van der Waals surface area contributed by atoms with Gasteiger partial charge >= 0.3 is 11.9 Å². The average Bonchev–Trinajstić information content (AvgIpc) is 2.33. The molecule has 0 aromatic heterocycles. The van der Waals surface area contributed by atoms with E-state index >= 15 is 0 Å². The highest BCUT2D eigenvalue weighted by molar-refractivity contribution is 6.32. The Morgan fingerprint density at radius 3 is 2.62 bits per heavy atom. The van der Waals surface area contributed by atoms with Crippen molar-refractivity contribution >= 4 is 11.9 Å². The van der Waals surface area contributed by atoms with E-state index in [0.29, 0.717) is 6.54 Å². The number of hydrogen-bond acceptors (Lipinski definition) is 3. The van der Waals surface area contributed by atoms with E-state index in [-0.39, 0.29) is 12.6 Å². The summed E-state index contributed by atoms with van der Waals surface area (Å²) in [7, 11) is 0. The first-order valence-corrected chi connectivity index (χ1v) is 5.23. The highest BCUT2D eigenvalue weighted by Crippen LogP contribution is 2.21. The van der Waals surface area contributed by atoms with Crippen LogP contribution in [0.25, 0.3) is 0 Å².